The first-order valence-electron chi connectivity index (χ1n) is 11.2. The molecule has 0 saturated carbocycles. The molecule has 4 nitrogen and oxygen atoms in total. The summed E-state index contributed by atoms with van der Waals surface area (Å²) < 4.78 is 1.93. The summed E-state index contributed by atoms with van der Waals surface area (Å²) >= 11 is 0. The molecule has 1 aromatic heterocycles. The number of carbonyl (C=O) groups is 1. The van der Waals surface area contributed by atoms with Crippen LogP contribution in [0, 0.1) is 18.3 Å². The third kappa shape index (κ3) is 4.32. The smallest absolute Gasteiger partial charge is 0.244 e. The van der Waals surface area contributed by atoms with Gasteiger partial charge in [-0.05, 0) is 53.6 Å². The lowest BCUT2D eigenvalue weighted by Gasteiger charge is -2.07. The molecule has 1 amide bonds. The number of benzene rings is 4. The second-order valence-corrected chi connectivity index (χ2v) is 8.38. The van der Waals surface area contributed by atoms with Gasteiger partial charge in [0.05, 0.1) is 11.6 Å². The molecule has 1 heterocycles. The highest BCUT2D eigenvalue weighted by molar-refractivity contribution is 6.00. The average Bonchev–Trinajstić information content (AvgIpc) is 3.20. The fourth-order valence-corrected chi connectivity index (χ4v) is 4.21. The lowest BCUT2D eigenvalue weighted by Crippen LogP contribution is -2.18. The predicted molar refractivity (Wildman–Crippen MR) is 139 cm³/mol. The quantitative estimate of drug-likeness (QED) is 0.305. The molecular weight excluding hydrogens is 418 g/mol. The summed E-state index contributed by atoms with van der Waals surface area (Å²) in [6, 6.07) is 32.2. The van der Waals surface area contributed by atoms with Gasteiger partial charge < -0.3 is 9.88 Å². The van der Waals surface area contributed by atoms with Crippen molar-refractivity contribution in [2.24, 2.45) is 0 Å². The first kappa shape index (κ1) is 21.2. The Balaban J connectivity index is 1.48. The van der Waals surface area contributed by atoms with Crippen molar-refractivity contribution < 1.29 is 4.79 Å². The predicted octanol–water partition coefficient (Wildman–Crippen LogP) is 6.81. The van der Waals surface area contributed by atoms with Gasteiger partial charge in [0.15, 0.2) is 0 Å². The molecule has 164 valence electrons. The molecule has 4 aromatic carbocycles. The molecular formula is C30H23N3O. The van der Waals surface area contributed by atoms with Crippen LogP contribution in [0.1, 0.15) is 16.7 Å². The van der Waals surface area contributed by atoms with E-state index in [1.165, 1.54) is 0 Å². The number of allylic oxidation sites excluding steroid dienone is 1. The van der Waals surface area contributed by atoms with Gasteiger partial charge in [-0.2, -0.15) is 5.26 Å². The molecule has 0 aliphatic rings. The Labute approximate surface area is 198 Å². The molecule has 0 aliphatic carbocycles. The number of aromatic nitrogens is 1. The maximum absolute atomic E-state index is 12.7. The number of anilines is 1. The molecule has 0 aliphatic heterocycles. The van der Waals surface area contributed by atoms with Crippen molar-refractivity contribution in [1.82, 2.24) is 4.57 Å². The van der Waals surface area contributed by atoms with Gasteiger partial charge in [0, 0.05) is 28.4 Å². The standard InChI is InChI=1S/C30H23N3O/c1-21-10-14-27(15-11-21)32-30(34)20-33-19-26(28-8-4-5-9-29(28)33)17-25(18-31)24-13-12-22-6-2-3-7-23(22)16-24/h2-17,19H,20H2,1H3,(H,32,34)/b25-17-. The minimum absolute atomic E-state index is 0.102. The third-order valence-electron chi connectivity index (χ3n) is 5.95. The molecule has 0 spiro atoms. The van der Waals surface area contributed by atoms with Crippen LogP contribution in [0.5, 0.6) is 0 Å². The van der Waals surface area contributed by atoms with Crippen molar-refractivity contribution in [1.29, 1.82) is 5.26 Å². The summed E-state index contributed by atoms with van der Waals surface area (Å²) in [5.41, 5.74) is 5.22. The zero-order chi connectivity index (χ0) is 23.5. The number of hydrogen-bond donors (Lipinski definition) is 1. The van der Waals surface area contributed by atoms with Crippen molar-refractivity contribution in [2.45, 2.75) is 13.5 Å². The van der Waals surface area contributed by atoms with Crippen LogP contribution >= 0.6 is 0 Å². The minimum Gasteiger partial charge on any atom is -0.337 e. The van der Waals surface area contributed by atoms with Gasteiger partial charge in [-0.1, -0.05) is 72.3 Å². The summed E-state index contributed by atoms with van der Waals surface area (Å²) in [4.78, 5) is 12.7. The average molecular weight is 442 g/mol. The zero-order valence-electron chi connectivity index (χ0n) is 18.8. The van der Waals surface area contributed by atoms with Crippen LogP contribution in [0.4, 0.5) is 5.69 Å². The monoisotopic (exact) mass is 441 g/mol. The summed E-state index contributed by atoms with van der Waals surface area (Å²) in [6.07, 6.45) is 3.85. The Hall–Kier alpha value is -4.62. The SMILES string of the molecule is Cc1ccc(NC(=O)Cn2cc(/C=C(/C#N)c3ccc4ccccc4c3)c3ccccc32)cc1. The largest absolute Gasteiger partial charge is 0.337 e. The Morgan fingerprint density at radius 3 is 2.47 bits per heavy atom. The fourth-order valence-electron chi connectivity index (χ4n) is 4.21. The van der Waals surface area contributed by atoms with Crippen LogP contribution in [-0.4, -0.2) is 10.5 Å². The van der Waals surface area contributed by atoms with E-state index in [1.54, 1.807) is 0 Å². The van der Waals surface area contributed by atoms with Crippen LogP contribution in [-0.2, 0) is 11.3 Å². The van der Waals surface area contributed by atoms with E-state index in [4.69, 9.17) is 0 Å². The van der Waals surface area contributed by atoms with E-state index in [9.17, 15) is 10.1 Å². The van der Waals surface area contributed by atoms with E-state index in [0.29, 0.717) is 5.57 Å². The molecule has 5 aromatic rings. The van der Waals surface area contributed by atoms with Crippen LogP contribution < -0.4 is 5.32 Å². The van der Waals surface area contributed by atoms with Crippen molar-refractivity contribution in [3.8, 4) is 6.07 Å². The lowest BCUT2D eigenvalue weighted by molar-refractivity contribution is -0.116. The number of nitrogens with zero attached hydrogens (tertiary/aromatic N) is 2. The first-order chi connectivity index (χ1) is 16.6. The highest BCUT2D eigenvalue weighted by atomic mass is 16.1. The topological polar surface area (TPSA) is 57.8 Å². The van der Waals surface area contributed by atoms with Crippen LogP contribution in [0.25, 0.3) is 33.3 Å². The number of aryl methyl sites for hydroxylation is 1. The number of fused-ring (bicyclic) bond motifs is 2. The molecule has 4 heteroatoms. The van der Waals surface area contributed by atoms with E-state index in [1.807, 2.05) is 109 Å². The van der Waals surface area contributed by atoms with Gasteiger partial charge in [0.25, 0.3) is 0 Å². The van der Waals surface area contributed by atoms with Crippen LogP contribution in [0.2, 0.25) is 0 Å². The Kier molecular flexibility index (Phi) is 5.68. The van der Waals surface area contributed by atoms with E-state index in [2.05, 4.69) is 17.5 Å². The van der Waals surface area contributed by atoms with E-state index >= 15 is 0 Å². The lowest BCUT2D eigenvalue weighted by atomic mass is 10.00. The summed E-state index contributed by atoms with van der Waals surface area (Å²) in [7, 11) is 0. The summed E-state index contributed by atoms with van der Waals surface area (Å²) in [5.74, 6) is -0.102. The number of amides is 1. The van der Waals surface area contributed by atoms with Gasteiger partial charge in [-0.3, -0.25) is 4.79 Å². The minimum atomic E-state index is -0.102. The van der Waals surface area contributed by atoms with Gasteiger partial charge in [0.2, 0.25) is 5.91 Å². The van der Waals surface area contributed by atoms with Crippen molar-refractivity contribution in [3.05, 3.63) is 114 Å². The Morgan fingerprint density at radius 2 is 1.68 bits per heavy atom. The van der Waals surface area contributed by atoms with Gasteiger partial charge in [0.1, 0.15) is 6.54 Å². The van der Waals surface area contributed by atoms with Crippen molar-refractivity contribution in [2.75, 3.05) is 5.32 Å². The molecule has 0 saturated heterocycles. The summed E-state index contributed by atoms with van der Waals surface area (Å²) in [5, 5.41) is 16.1. The summed E-state index contributed by atoms with van der Waals surface area (Å²) in [6.45, 7) is 2.19. The Bertz CT molecular complexity index is 1580. The molecule has 5 rings (SSSR count). The van der Waals surface area contributed by atoms with Gasteiger partial charge >= 0.3 is 0 Å². The van der Waals surface area contributed by atoms with Gasteiger partial charge in [-0.25, -0.2) is 0 Å². The number of para-hydroxylation sites is 1. The van der Waals surface area contributed by atoms with E-state index in [-0.39, 0.29) is 12.5 Å². The second kappa shape index (κ2) is 9.09. The molecule has 0 bridgehead atoms. The highest BCUT2D eigenvalue weighted by Gasteiger charge is 2.12. The Morgan fingerprint density at radius 1 is 0.941 bits per heavy atom. The number of rotatable bonds is 5. The van der Waals surface area contributed by atoms with Crippen molar-refractivity contribution >= 4 is 44.9 Å². The number of nitrogens with one attached hydrogen (secondary N) is 1. The maximum atomic E-state index is 12.7. The molecule has 1 N–H and O–H groups in total. The second-order valence-electron chi connectivity index (χ2n) is 8.38. The number of hydrogen-bond acceptors (Lipinski definition) is 2. The number of nitriles is 1. The maximum Gasteiger partial charge on any atom is 0.244 e. The first-order valence-corrected chi connectivity index (χ1v) is 11.2. The highest BCUT2D eigenvalue weighted by Crippen LogP contribution is 2.28. The fraction of sp³-hybridized carbons (Fsp3) is 0.0667. The van der Waals surface area contributed by atoms with Crippen molar-refractivity contribution in [3.63, 3.8) is 0 Å². The molecule has 0 radical (unpaired) electrons. The van der Waals surface area contributed by atoms with Gasteiger partial charge in [-0.15, -0.1) is 0 Å². The molecule has 0 fully saturated rings. The molecule has 0 unspecified atom stereocenters. The molecule has 0 atom stereocenters. The van der Waals surface area contributed by atoms with E-state index < -0.39 is 0 Å². The van der Waals surface area contributed by atoms with Crippen LogP contribution in [0.3, 0.4) is 0 Å². The normalized spacial score (nSPS) is 11.5. The third-order valence-corrected chi connectivity index (χ3v) is 5.95. The molecule has 34 heavy (non-hydrogen) atoms. The number of carbonyl (C=O) groups excluding carboxylic acids is 1. The van der Waals surface area contributed by atoms with E-state index in [0.717, 1.165) is 44.1 Å². The van der Waals surface area contributed by atoms with Crippen LogP contribution in [0.15, 0.2) is 97.2 Å². The zero-order valence-corrected chi connectivity index (χ0v) is 18.8.